The maximum absolute atomic E-state index is 2.50. The lowest BCUT2D eigenvalue weighted by Crippen LogP contribution is -2.29. The van der Waals surface area contributed by atoms with E-state index in [-0.39, 0.29) is 0 Å². The first-order chi connectivity index (χ1) is 8.30. The van der Waals surface area contributed by atoms with Crippen molar-refractivity contribution < 1.29 is 0 Å². The summed E-state index contributed by atoms with van der Waals surface area (Å²) in [7, 11) is 2.26. The summed E-state index contributed by atoms with van der Waals surface area (Å²) in [6, 6.07) is 0. The molecule has 0 bridgehead atoms. The predicted molar refractivity (Wildman–Crippen MR) is 83.9 cm³/mol. The van der Waals surface area contributed by atoms with Crippen LogP contribution in [0.25, 0.3) is 0 Å². The van der Waals surface area contributed by atoms with E-state index in [2.05, 4.69) is 65.6 Å². The molecule has 0 fully saturated rings. The molecule has 1 nitrogen and oxygen atoms in total. The smallest absolute Gasteiger partial charge is 0.00415 e. The van der Waals surface area contributed by atoms with E-state index in [9.17, 15) is 0 Å². The second-order valence-corrected chi connectivity index (χ2v) is 6.95. The van der Waals surface area contributed by atoms with Crippen LogP contribution in [0.15, 0.2) is 12.2 Å². The Labute approximate surface area is 116 Å². The lowest BCUT2D eigenvalue weighted by molar-refractivity contribution is 0.221. The van der Waals surface area contributed by atoms with Crippen LogP contribution in [0, 0.1) is 17.3 Å². The molecule has 0 saturated carbocycles. The molecule has 0 aliphatic rings. The highest BCUT2D eigenvalue weighted by Gasteiger charge is 2.20. The highest BCUT2D eigenvalue weighted by atomic mass is 15.1. The van der Waals surface area contributed by atoms with Crippen LogP contribution >= 0.6 is 0 Å². The van der Waals surface area contributed by atoms with Gasteiger partial charge in [-0.3, -0.25) is 0 Å². The SMILES string of the molecule is C/C=C/C(CN(C)CCC(C)C)CC(C)(C)CC. The molecule has 0 aliphatic carbocycles. The molecule has 0 N–H and O–H groups in total. The summed E-state index contributed by atoms with van der Waals surface area (Å²) in [5.41, 5.74) is 0.461. The van der Waals surface area contributed by atoms with Gasteiger partial charge in [-0.05, 0) is 50.6 Å². The molecule has 0 aromatic carbocycles. The Bertz CT molecular complexity index is 228. The molecule has 0 amide bonds. The summed E-state index contributed by atoms with van der Waals surface area (Å²) in [6.07, 6.45) is 8.46. The summed E-state index contributed by atoms with van der Waals surface area (Å²) in [5, 5.41) is 0. The number of allylic oxidation sites excluding steroid dienone is 1. The third-order valence-electron chi connectivity index (χ3n) is 3.87. The first kappa shape index (κ1) is 17.7. The molecule has 1 heteroatoms. The van der Waals surface area contributed by atoms with E-state index in [0.29, 0.717) is 11.3 Å². The molecular weight excluding hydrogens is 218 g/mol. The van der Waals surface area contributed by atoms with Gasteiger partial charge in [0.1, 0.15) is 0 Å². The first-order valence-electron chi connectivity index (χ1n) is 7.62. The molecule has 18 heavy (non-hydrogen) atoms. The highest BCUT2D eigenvalue weighted by Crippen LogP contribution is 2.29. The van der Waals surface area contributed by atoms with Crippen LogP contribution in [-0.4, -0.2) is 25.0 Å². The lowest BCUT2D eigenvalue weighted by Gasteiger charge is -2.30. The molecule has 0 heterocycles. The maximum atomic E-state index is 2.50. The van der Waals surface area contributed by atoms with Crippen molar-refractivity contribution in [3.8, 4) is 0 Å². The average molecular weight is 253 g/mol. The van der Waals surface area contributed by atoms with Gasteiger partial charge < -0.3 is 4.90 Å². The zero-order valence-electron chi connectivity index (χ0n) is 13.8. The monoisotopic (exact) mass is 253 g/mol. The Morgan fingerprint density at radius 3 is 2.28 bits per heavy atom. The maximum Gasteiger partial charge on any atom is 0.00415 e. The minimum Gasteiger partial charge on any atom is -0.306 e. The zero-order valence-corrected chi connectivity index (χ0v) is 13.8. The van der Waals surface area contributed by atoms with E-state index in [4.69, 9.17) is 0 Å². The van der Waals surface area contributed by atoms with Crippen molar-refractivity contribution in [1.82, 2.24) is 4.90 Å². The first-order valence-corrected chi connectivity index (χ1v) is 7.62. The van der Waals surface area contributed by atoms with Crippen molar-refractivity contribution in [2.75, 3.05) is 20.1 Å². The van der Waals surface area contributed by atoms with E-state index in [1.54, 1.807) is 0 Å². The molecule has 0 rings (SSSR count). The van der Waals surface area contributed by atoms with Crippen molar-refractivity contribution in [1.29, 1.82) is 0 Å². The Kier molecular flexibility index (Phi) is 8.60. The Balaban J connectivity index is 4.26. The average Bonchev–Trinajstić information content (AvgIpc) is 2.26. The summed E-state index contributed by atoms with van der Waals surface area (Å²) in [4.78, 5) is 2.50. The number of hydrogen-bond acceptors (Lipinski definition) is 1. The fourth-order valence-electron chi connectivity index (χ4n) is 2.29. The Hall–Kier alpha value is -0.300. The minimum atomic E-state index is 0.461. The van der Waals surface area contributed by atoms with Gasteiger partial charge in [-0.2, -0.15) is 0 Å². The van der Waals surface area contributed by atoms with Crippen LogP contribution in [0.2, 0.25) is 0 Å². The normalized spacial score (nSPS) is 14.9. The fourth-order valence-corrected chi connectivity index (χ4v) is 2.29. The van der Waals surface area contributed by atoms with Gasteiger partial charge in [0.05, 0.1) is 0 Å². The van der Waals surface area contributed by atoms with Crippen molar-refractivity contribution in [2.24, 2.45) is 17.3 Å². The molecule has 108 valence electrons. The van der Waals surface area contributed by atoms with Gasteiger partial charge in [0.15, 0.2) is 0 Å². The quantitative estimate of drug-likeness (QED) is 0.524. The van der Waals surface area contributed by atoms with Crippen LogP contribution in [0.3, 0.4) is 0 Å². The summed E-state index contributed by atoms with van der Waals surface area (Å²) in [5.74, 6) is 1.50. The standard InChI is InChI=1S/C17H35N/c1-8-10-16(13-17(5,6)9-2)14-18(7)12-11-15(3)4/h8,10,15-16H,9,11-14H2,1-7H3/b10-8+. The Morgan fingerprint density at radius 2 is 1.83 bits per heavy atom. The fraction of sp³-hybridized carbons (Fsp3) is 0.882. The van der Waals surface area contributed by atoms with Gasteiger partial charge in [0, 0.05) is 6.54 Å². The van der Waals surface area contributed by atoms with Crippen molar-refractivity contribution >= 4 is 0 Å². The van der Waals surface area contributed by atoms with Crippen molar-refractivity contribution in [2.45, 2.75) is 60.8 Å². The van der Waals surface area contributed by atoms with Gasteiger partial charge in [-0.1, -0.05) is 53.2 Å². The van der Waals surface area contributed by atoms with E-state index >= 15 is 0 Å². The van der Waals surface area contributed by atoms with Gasteiger partial charge in [0.2, 0.25) is 0 Å². The molecule has 0 aromatic rings. The van der Waals surface area contributed by atoms with Crippen LogP contribution < -0.4 is 0 Å². The highest BCUT2D eigenvalue weighted by molar-refractivity contribution is 4.90. The van der Waals surface area contributed by atoms with Crippen LogP contribution in [0.4, 0.5) is 0 Å². The third-order valence-corrected chi connectivity index (χ3v) is 3.87. The second kappa shape index (κ2) is 8.74. The topological polar surface area (TPSA) is 3.24 Å². The van der Waals surface area contributed by atoms with Gasteiger partial charge in [-0.15, -0.1) is 0 Å². The largest absolute Gasteiger partial charge is 0.306 e. The molecule has 0 aliphatic heterocycles. The van der Waals surface area contributed by atoms with Crippen molar-refractivity contribution in [3.63, 3.8) is 0 Å². The van der Waals surface area contributed by atoms with Crippen LogP contribution in [0.5, 0.6) is 0 Å². The molecule has 1 unspecified atom stereocenters. The summed E-state index contributed by atoms with van der Waals surface area (Å²) < 4.78 is 0. The number of rotatable bonds is 9. The summed E-state index contributed by atoms with van der Waals surface area (Å²) in [6.45, 7) is 16.2. The Morgan fingerprint density at radius 1 is 1.22 bits per heavy atom. The predicted octanol–water partition coefficient (Wildman–Crippen LogP) is 4.98. The van der Waals surface area contributed by atoms with Gasteiger partial charge >= 0.3 is 0 Å². The van der Waals surface area contributed by atoms with Crippen LogP contribution in [0.1, 0.15) is 60.8 Å². The van der Waals surface area contributed by atoms with E-state index in [0.717, 1.165) is 5.92 Å². The van der Waals surface area contributed by atoms with E-state index in [1.165, 1.54) is 32.4 Å². The number of nitrogens with zero attached hydrogens (tertiary/aromatic N) is 1. The molecule has 0 spiro atoms. The van der Waals surface area contributed by atoms with Crippen molar-refractivity contribution in [3.05, 3.63) is 12.2 Å². The molecule has 0 radical (unpaired) electrons. The van der Waals surface area contributed by atoms with E-state index in [1.807, 2.05) is 0 Å². The second-order valence-electron chi connectivity index (χ2n) is 6.95. The van der Waals surface area contributed by atoms with Gasteiger partial charge in [0.25, 0.3) is 0 Å². The molecular formula is C17H35N. The van der Waals surface area contributed by atoms with Gasteiger partial charge in [-0.25, -0.2) is 0 Å². The molecule has 0 saturated heterocycles. The number of hydrogen-bond donors (Lipinski definition) is 0. The van der Waals surface area contributed by atoms with Crippen LogP contribution in [-0.2, 0) is 0 Å². The molecule has 1 atom stereocenters. The summed E-state index contributed by atoms with van der Waals surface area (Å²) >= 11 is 0. The molecule has 0 aromatic heterocycles. The third kappa shape index (κ3) is 8.74. The zero-order chi connectivity index (χ0) is 14.2. The van der Waals surface area contributed by atoms with E-state index < -0.39 is 0 Å². The lowest BCUT2D eigenvalue weighted by atomic mass is 9.80. The minimum absolute atomic E-state index is 0.461.